The maximum Gasteiger partial charge on any atom is 0.196 e. The Labute approximate surface area is 284 Å². The Hall–Kier alpha value is -6.76. The Morgan fingerprint density at radius 3 is 1.82 bits per heavy atom. The lowest BCUT2D eigenvalue weighted by Gasteiger charge is -2.22. The summed E-state index contributed by atoms with van der Waals surface area (Å²) in [6, 6.07) is 44.5. The Bertz CT molecular complexity index is 2420. The molecule has 0 spiro atoms. The predicted octanol–water partition coefficient (Wildman–Crippen LogP) is 10.3. The molecule has 2 aromatic heterocycles. The summed E-state index contributed by atoms with van der Waals surface area (Å²) in [6.07, 6.45) is 1.80. The fraction of sp³-hybridized carbons (Fsp3) is 0.0698. The maximum atomic E-state index is 9.70. The molecule has 6 heteroatoms. The second-order valence-corrected chi connectivity index (χ2v) is 12.6. The first kappa shape index (κ1) is 29.6. The third kappa shape index (κ3) is 5.23. The Kier molecular flexibility index (Phi) is 7.13. The second-order valence-electron chi connectivity index (χ2n) is 12.6. The van der Waals surface area contributed by atoms with Gasteiger partial charge in [-0.15, -0.1) is 0 Å². The van der Waals surface area contributed by atoms with E-state index >= 15 is 0 Å². The lowest BCUT2D eigenvalue weighted by Crippen LogP contribution is -2.15. The van der Waals surface area contributed by atoms with Crippen LogP contribution in [0.25, 0.3) is 72.5 Å². The highest BCUT2D eigenvalue weighted by Crippen LogP contribution is 2.53. The van der Waals surface area contributed by atoms with Crippen LogP contribution < -0.4 is 0 Å². The molecule has 0 saturated heterocycles. The van der Waals surface area contributed by atoms with Gasteiger partial charge in [0.2, 0.25) is 0 Å². The molecule has 230 valence electrons. The van der Waals surface area contributed by atoms with E-state index in [1.807, 2.05) is 84.9 Å². The van der Waals surface area contributed by atoms with Crippen molar-refractivity contribution in [2.75, 3.05) is 0 Å². The molecule has 1 aliphatic carbocycles. The van der Waals surface area contributed by atoms with Gasteiger partial charge in [0.05, 0.1) is 18.3 Å². The van der Waals surface area contributed by atoms with Crippen molar-refractivity contribution in [3.8, 4) is 73.7 Å². The standard InChI is InChI=1S/C43H28N6/c1-43(2)35-25-30(17-18-34(35)39-36(43)20-27(26-44)21-38(39)45-3)31-22-32(37-16-10-11-19-46-37)24-33(23-31)42-48-40(28-12-6-4-7-13-28)47-41(49-42)29-14-8-5-9-15-29/h4-25H,1-2H3. The van der Waals surface area contributed by atoms with Crippen LogP contribution in [-0.4, -0.2) is 19.9 Å². The van der Waals surface area contributed by atoms with E-state index in [9.17, 15) is 5.26 Å². The molecule has 1 aliphatic rings. The van der Waals surface area contributed by atoms with Crippen LogP contribution in [0.15, 0.2) is 134 Å². The monoisotopic (exact) mass is 628 g/mol. The van der Waals surface area contributed by atoms with E-state index in [2.05, 4.69) is 66.1 Å². The van der Waals surface area contributed by atoms with Crippen LogP contribution in [0.1, 0.15) is 30.5 Å². The Morgan fingerprint density at radius 1 is 0.592 bits per heavy atom. The molecule has 0 amide bonds. The molecule has 0 unspecified atom stereocenters. The van der Waals surface area contributed by atoms with Crippen LogP contribution in [0.3, 0.4) is 0 Å². The van der Waals surface area contributed by atoms with E-state index in [1.54, 1.807) is 12.3 Å². The smallest absolute Gasteiger partial charge is 0.196 e. The number of hydrogen-bond donors (Lipinski definition) is 0. The van der Waals surface area contributed by atoms with Crippen molar-refractivity contribution in [1.29, 1.82) is 5.26 Å². The maximum absolute atomic E-state index is 9.70. The Balaban J connectivity index is 1.33. The number of nitriles is 1. The zero-order chi connectivity index (χ0) is 33.5. The van der Waals surface area contributed by atoms with Gasteiger partial charge in [0.15, 0.2) is 23.2 Å². The summed E-state index contributed by atoms with van der Waals surface area (Å²) in [6.45, 7) is 12.2. The van der Waals surface area contributed by atoms with Crippen LogP contribution in [0.2, 0.25) is 0 Å². The van der Waals surface area contributed by atoms with Gasteiger partial charge in [0, 0.05) is 39.4 Å². The summed E-state index contributed by atoms with van der Waals surface area (Å²) >= 11 is 0. The summed E-state index contributed by atoms with van der Waals surface area (Å²) in [4.78, 5) is 23.4. The van der Waals surface area contributed by atoms with Gasteiger partial charge in [-0.05, 0) is 81.9 Å². The van der Waals surface area contributed by atoms with Gasteiger partial charge in [-0.2, -0.15) is 5.26 Å². The third-order valence-electron chi connectivity index (χ3n) is 9.19. The van der Waals surface area contributed by atoms with Crippen molar-refractivity contribution in [1.82, 2.24) is 19.9 Å². The topological polar surface area (TPSA) is 79.7 Å². The van der Waals surface area contributed by atoms with Gasteiger partial charge in [-0.1, -0.05) is 92.7 Å². The number of hydrogen-bond acceptors (Lipinski definition) is 5. The zero-order valence-electron chi connectivity index (χ0n) is 26.9. The SMILES string of the molecule is [C-]#[N+]c1cc(C#N)cc2c1-c1ccc(-c3cc(-c4ccccn4)cc(-c4nc(-c5ccccc5)nc(-c5ccccc5)n4)c3)cc1C2(C)C. The molecule has 5 aromatic carbocycles. The van der Waals surface area contributed by atoms with Crippen molar-refractivity contribution < 1.29 is 0 Å². The van der Waals surface area contributed by atoms with E-state index < -0.39 is 5.41 Å². The molecule has 0 fully saturated rings. The molecule has 0 saturated carbocycles. The molecule has 8 rings (SSSR count). The summed E-state index contributed by atoms with van der Waals surface area (Å²) in [5.41, 5.74) is 11.1. The first-order valence-corrected chi connectivity index (χ1v) is 16.0. The fourth-order valence-electron chi connectivity index (χ4n) is 6.70. The van der Waals surface area contributed by atoms with E-state index in [1.165, 1.54) is 0 Å². The summed E-state index contributed by atoms with van der Waals surface area (Å²) < 4.78 is 0. The highest BCUT2D eigenvalue weighted by Gasteiger charge is 2.37. The van der Waals surface area contributed by atoms with Crippen LogP contribution in [0.5, 0.6) is 0 Å². The fourth-order valence-corrected chi connectivity index (χ4v) is 6.70. The number of fused-ring (bicyclic) bond motifs is 3. The minimum Gasteiger partial charge on any atom is -0.256 e. The number of pyridine rings is 1. The minimum atomic E-state index is -0.405. The molecule has 7 aromatic rings. The van der Waals surface area contributed by atoms with Crippen molar-refractivity contribution in [3.05, 3.63) is 162 Å². The zero-order valence-corrected chi connectivity index (χ0v) is 26.9. The average Bonchev–Trinajstić information content (AvgIpc) is 3.40. The molecule has 0 radical (unpaired) electrons. The molecule has 49 heavy (non-hydrogen) atoms. The molecular weight excluding hydrogens is 601 g/mol. The lowest BCUT2D eigenvalue weighted by molar-refractivity contribution is 0.660. The van der Waals surface area contributed by atoms with Crippen LogP contribution in [0, 0.1) is 17.9 Å². The van der Waals surface area contributed by atoms with Crippen LogP contribution in [-0.2, 0) is 5.41 Å². The largest absolute Gasteiger partial charge is 0.256 e. The number of nitrogens with zero attached hydrogens (tertiary/aromatic N) is 6. The first-order chi connectivity index (χ1) is 23.9. The number of rotatable bonds is 5. The van der Waals surface area contributed by atoms with Gasteiger partial charge in [-0.25, -0.2) is 19.8 Å². The summed E-state index contributed by atoms with van der Waals surface area (Å²) in [5.74, 6) is 1.75. The van der Waals surface area contributed by atoms with E-state index in [-0.39, 0.29) is 0 Å². The quantitative estimate of drug-likeness (QED) is 0.177. The van der Waals surface area contributed by atoms with Crippen molar-refractivity contribution in [2.24, 2.45) is 0 Å². The van der Waals surface area contributed by atoms with E-state index in [0.29, 0.717) is 28.7 Å². The van der Waals surface area contributed by atoms with Crippen LogP contribution in [0.4, 0.5) is 5.69 Å². The number of benzene rings is 5. The summed E-state index contributed by atoms with van der Waals surface area (Å²) in [7, 11) is 0. The van der Waals surface area contributed by atoms with Gasteiger partial charge < -0.3 is 0 Å². The lowest BCUT2D eigenvalue weighted by atomic mass is 9.81. The molecule has 0 N–H and O–H groups in total. The average molecular weight is 629 g/mol. The highest BCUT2D eigenvalue weighted by atomic mass is 15.0. The van der Waals surface area contributed by atoms with Crippen molar-refractivity contribution >= 4 is 5.69 Å². The second kappa shape index (κ2) is 11.8. The van der Waals surface area contributed by atoms with Gasteiger partial charge in [0.25, 0.3) is 0 Å². The van der Waals surface area contributed by atoms with Crippen LogP contribution >= 0.6 is 0 Å². The Morgan fingerprint density at radius 2 is 1.20 bits per heavy atom. The van der Waals surface area contributed by atoms with Crippen molar-refractivity contribution in [3.63, 3.8) is 0 Å². The van der Waals surface area contributed by atoms with E-state index in [4.69, 9.17) is 21.5 Å². The van der Waals surface area contributed by atoms with Gasteiger partial charge >= 0.3 is 0 Å². The van der Waals surface area contributed by atoms with E-state index in [0.717, 1.165) is 61.3 Å². The molecule has 2 heterocycles. The van der Waals surface area contributed by atoms with Crippen molar-refractivity contribution in [2.45, 2.75) is 19.3 Å². The minimum absolute atomic E-state index is 0.405. The molecular formula is C43H28N6. The third-order valence-corrected chi connectivity index (χ3v) is 9.19. The summed E-state index contributed by atoms with van der Waals surface area (Å²) in [5, 5.41) is 9.70. The molecule has 0 atom stereocenters. The molecule has 0 aliphatic heterocycles. The van der Waals surface area contributed by atoms with Gasteiger partial charge in [0.1, 0.15) is 0 Å². The highest BCUT2D eigenvalue weighted by molar-refractivity contribution is 5.92. The van der Waals surface area contributed by atoms with Gasteiger partial charge in [-0.3, -0.25) is 4.98 Å². The first-order valence-electron chi connectivity index (χ1n) is 16.0. The number of aromatic nitrogens is 4. The normalized spacial score (nSPS) is 12.4. The molecule has 6 nitrogen and oxygen atoms in total. The predicted molar refractivity (Wildman–Crippen MR) is 193 cm³/mol. The molecule has 0 bridgehead atoms.